The molecular formula is C19H27N3O5. The van der Waals surface area contributed by atoms with Crippen LogP contribution in [-0.4, -0.2) is 43.0 Å². The maximum Gasteiger partial charge on any atom is 0.309 e. The topological polar surface area (TPSA) is 102 Å². The molecule has 1 N–H and O–H groups in total. The fourth-order valence-corrected chi connectivity index (χ4v) is 3.05. The second-order valence-corrected chi connectivity index (χ2v) is 7.15. The molecule has 0 atom stereocenters. The van der Waals surface area contributed by atoms with E-state index in [-0.39, 0.29) is 30.1 Å². The molecule has 8 nitrogen and oxygen atoms in total. The number of amides is 1. The molecule has 1 saturated heterocycles. The van der Waals surface area contributed by atoms with Crippen LogP contribution in [0.4, 0.5) is 11.4 Å². The minimum Gasteiger partial charge on any atom is -0.455 e. The molecule has 2 rings (SSSR count). The summed E-state index contributed by atoms with van der Waals surface area (Å²) < 4.78 is 5.13. The number of nitro groups is 1. The number of ether oxygens (including phenoxy) is 1. The van der Waals surface area contributed by atoms with E-state index in [0.29, 0.717) is 44.1 Å². The summed E-state index contributed by atoms with van der Waals surface area (Å²) in [5, 5.41) is 13.9. The summed E-state index contributed by atoms with van der Waals surface area (Å²) in [6, 6.07) is 6.60. The molecule has 1 amide bonds. The third-order valence-electron chi connectivity index (χ3n) is 4.64. The molecule has 0 unspecified atom stereocenters. The summed E-state index contributed by atoms with van der Waals surface area (Å²) in [6.07, 6.45) is 1.96. The molecule has 1 aromatic rings. The molecule has 0 bridgehead atoms. The first-order valence-corrected chi connectivity index (χ1v) is 9.30. The van der Waals surface area contributed by atoms with Gasteiger partial charge >= 0.3 is 5.97 Å². The molecule has 0 aliphatic carbocycles. The Kier molecular flexibility index (Phi) is 7.57. The van der Waals surface area contributed by atoms with Crippen LogP contribution in [0.15, 0.2) is 24.3 Å². The van der Waals surface area contributed by atoms with Crippen molar-refractivity contribution in [3.05, 3.63) is 34.4 Å². The van der Waals surface area contributed by atoms with Crippen LogP contribution in [0.5, 0.6) is 0 Å². The number of carbonyl (C=O) groups excluding carboxylic acids is 2. The minimum absolute atomic E-state index is 0.0663. The van der Waals surface area contributed by atoms with E-state index in [1.807, 2.05) is 4.90 Å². The SMILES string of the molecule is CC(C)CCNC(=O)COC(=O)C1CCN(c2ccccc2[N+](=O)[O-])CC1. The van der Waals surface area contributed by atoms with Gasteiger partial charge in [-0.2, -0.15) is 0 Å². The third-order valence-corrected chi connectivity index (χ3v) is 4.64. The molecule has 1 aliphatic rings. The van der Waals surface area contributed by atoms with Crippen molar-refractivity contribution < 1.29 is 19.2 Å². The molecule has 148 valence electrons. The summed E-state index contributed by atoms with van der Waals surface area (Å²) in [4.78, 5) is 36.6. The van der Waals surface area contributed by atoms with Crippen molar-refractivity contribution in [2.45, 2.75) is 33.1 Å². The molecule has 1 heterocycles. The van der Waals surface area contributed by atoms with E-state index in [2.05, 4.69) is 19.2 Å². The first-order valence-electron chi connectivity index (χ1n) is 9.30. The molecule has 0 radical (unpaired) electrons. The lowest BCUT2D eigenvalue weighted by molar-refractivity contribution is -0.384. The van der Waals surface area contributed by atoms with Gasteiger partial charge in [-0.1, -0.05) is 26.0 Å². The smallest absolute Gasteiger partial charge is 0.309 e. The Morgan fingerprint density at radius 1 is 1.30 bits per heavy atom. The van der Waals surface area contributed by atoms with E-state index in [1.165, 1.54) is 6.07 Å². The number of nitro benzene ring substituents is 1. The van der Waals surface area contributed by atoms with Gasteiger partial charge in [-0.25, -0.2) is 0 Å². The molecule has 1 aromatic carbocycles. The van der Waals surface area contributed by atoms with Gasteiger partial charge in [0.25, 0.3) is 11.6 Å². The highest BCUT2D eigenvalue weighted by molar-refractivity contribution is 5.81. The normalized spacial score (nSPS) is 14.9. The molecule has 0 aromatic heterocycles. The van der Waals surface area contributed by atoms with Crippen LogP contribution in [0.1, 0.15) is 33.1 Å². The van der Waals surface area contributed by atoms with E-state index in [4.69, 9.17) is 4.74 Å². The van der Waals surface area contributed by atoms with Gasteiger partial charge in [-0.15, -0.1) is 0 Å². The Bertz CT molecular complexity index is 669. The molecule has 0 saturated carbocycles. The van der Waals surface area contributed by atoms with Crippen molar-refractivity contribution in [1.29, 1.82) is 0 Å². The second kappa shape index (κ2) is 9.89. The van der Waals surface area contributed by atoms with Crippen LogP contribution in [0.3, 0.4) is 0 Å². The summed E-state index contributed by atoms with van der Waals surface area (Å²) in [5.74, 6) is -0.455. The quantitative estimate of drug-likeness (QED) is 0.424. The van der Waals surface area contributed by atoms with Crippen molar-refractivity contribution in [3.8, 4) is 0 Å². The first-order chi connectivity index (χ1) is 12.9. The fraction of sp³-hybridized carbons (Fsp3) is 0.579. The number of rotatable bonds is 8. The number of piperidine rings is 1. The Balaban J connectivity index is 1.78. The Hall–Kier alpha value is -2.64. The van der Waals surface area contributed by atoms with Gasteiger partial charge in [0.15, 0.2) is 6.61 Å². The van der Waals surface area contributed by atoms with Crippen molar-refractivity contribution in [1.82, 2.24) is 5.32 Å². The average Bonchev–Trinajstić information content (AvgIpc) is 2.66. The number of para-hydroxylation sites is 2. The van der Waals surface area contributed by atoms with Crippen LogP contribution in [-0.2, 0) is 14.3 Å². The highest BCUT2D eigenvalue weighted by atomic mass is 16.6. The Labute approximate surface area is 159 Å². The maximum atomic E-state index is 12.2. The second-order valence-electron chi connectivity index (χ2n) is 7.15. The number of hydrogen-bond donors (Lipinski definition) is 1. The van der Waals surface area contributed by atoms with Crippen molar-refractivity contribution in [2.24, 2.45) is 11.8 Å². The molecule has 27 heavy (non-hydrogen) atoms. The molecular weight excluding hydrogens is 350 g/mol. The minimum atomic E-state index is -0.395. The zero-order valence-corrected chi connectivity index (χ0v) is 15.8. The van der Waals surface area contributed by atoms with Crippen molar-refractivity contribution in [2.75, 3.05) is 31.1 Å². The van der Waals surface area contributed by atoms with Crippen LogP contribution in [0, 0.1) is 22.0 Å². The fourth-order valence-electron chi connectivity index (χ4n) is 3.05. The van der Waals surface area contributed by atoms with Gasteiger partial charge in [0.1, 0.15) is 5.69 Å². The van der Waals surface area contributed by atoms with Gasteiger partial charge in [-0.3, -0.25) is 19.7 Å². The van der Waals surface area contributed by atoms with Gasteiger partial charge in [-0.05, 0) is 31.2 Å². The molecule has 1 fully saturated rings. The van der Waals surface area contributed by atoms with E-state index in [9.17, 15) is 19.7 Å². The number of benzene rings is 1. The zero-order chi connectivity index (χ0) is 19.8. The highest BCUT2D eigenvalue weighted by Crippen LogP contribution is 2.31. The summed E-state index contributed by atoms with van der Waals surface area (Å²) in [6.45, 7) is 5.52. The van der Waals surface area contributed by atoms with E-state index in [1.54, 1.807) is 18.2 Å². The molecule has 1 aliphatic heterocycles. The first kappa shape index (κ1) is 20.7. The summed E-state index contributed by atoms with van der Waals surface area (Å²) in [7, 11) is 0. The van der Waals surface area contributed by atoms with Gasteiger partial charge in [0.05, 0.1) is 10.8 Å². The zero-order valence-electron chi connectivity index (χ0n) is 15.8. The third kappa shape index (κ3) is 6.23. The van der Waals surface area contributed by atoms with Crippen LogP contribution >= 0.6 is 0 Å². The van der Waals surface area contributed by atoms with Gasteiger partial charge < -0.3 is 15.0 Å². The predicted octanol–water partition coefficient (Wildman–Crippen LogP) is 2.52. The predicted molar refractivity (Wildman–Crippen MR) is 101 cm³/mol. The Morgan fingerprint density at radius 2 is 1.96 bits per heavy atom. The molecule has 0 spiro atoms. The number of carbonyl (C=O) groups is 2. The van der Waals surface area contributed by atoms with Gasteiger partial charge in [0, 0.05) is 25.7 Å². The monoisotopic (exact) mass is 377 g/mol. The number of anilines is 1. The van der Waals surface area contributed by atoms with Gasteiger partial charge in [0.2, 0.25) is 0 Å². The number of nitrogens with one attached hydrogen (secondary N) is 1. The summed E-state index contributed by atoms with van der Waals surface area (Å²) >= 11 is 0. The van der Waals surface area contributed by atoms with Crippen LogP contribution in [0.2, 0.25) is 0 Å². The van der Waals surface area contributed by atoms with Crippen LogP contribution < -0.4 is 10.2 Å². The largest absolute Gasteiger partial charge is 0.455 e. The maximum absolute atomic E-state index is 12.2. The standard InChI is InChI=1S/C19H27N3O5/c1-14(2)7-10-20-18(23)13-27-19(24)15-8-11-21(12-9-15)16-5-3-4-6-17(16)22(25)26/h3-6,14-15H,7-13H2,1-2H3,(H,20,23). The number of esters is 1. The average molecular weight is 377 g/mol. The Morgan fingerprint density at radius 3 is 2.59 bits per heavy atom. The number of hydrogen-bond acceptors (Lipinski definition) is 6. The van der Waals surface area contributed by atoms with Crippen LogP contribution in [0.25, 0.3) is 0 Å². The van der Waals surface area contributed by atoms with E-state index < -0.39 is 4.92 Å². The number of nitrogens with zero attached hydrogens (tertiary/aromatic N) is 2. The van der Waals surface area contributed by atoms with E-state index >= 15 is 0 Å². The van der Waals surface area contributed by atoms with Crippen molar-refractivity contribution >= 4 is 23.3 Å². The lowest BCUT2D eigenvalue weighted by Crippen LogP contribution is -2.38. The van der Waals surface area contributed by atoms with E-state index in [0.717, 1.165) is 6.42 Å². The van der Waals surface area contributed by atoms with Crippen molar-refractivity contribution in [3.63, 3.8) is 0 Å². The highest BCUT2D eigenvalue weighted by Gasteiger charge is 2.29. The lowest BCUT2D eigenvalue weighted by Gasteiger charge is -2.32. The molecule has 8 heteroatoms. The lowest BCUT2D eigenvalue weighted by atomic mass is 9.96. The summed E-state index contributed by atoms with van der Waals surface area (Å²) in [5.41, 5.74) is 0.635.